The lowest BCUT2D eigenvalue weighted by atomic mass is 9.99. The number of halogens is 1. The zero-order chi connectivity index (χ0) is 32.1. The number of likely N-dealkylation sites (N-methyl/N-ethyl adjacent to an activating group) is 1. The van der Waals surface area contributed by atoms with Gasteiger partial charge in [0.15, 0.2) is 5.75 Å². The first-order chi connectivity index (χ1) is 21.6. The van der Waals surface area contributed by atoms with Crippen LogP contribution in [0.5, 0.6) is 5.75 Å². The fourth-order valence-electron chi connectivity index (χ4n) is 4.99. The number of rotatable bonds is 8. The molecule has 0 saturated heterocycles. The summed E-state index contributed by atoms with van der Waals surface area (Å²) in [4.78, 5) is 47.5. The molecule has 0 spiro atoms. The lowest BCUT2D eigenvalue weighted by Gasteiger charge is -2.38. The number of thiazole rings is 1. The predicted octanol–water partition coefficient (Wildman–Crippen LogP) is 5.59. The Morgan fingerprint density at radius 3 is 2.53 bits per heavy atom. The van der Waals surface area contributed by atoms with Gasteiger partial charge in [0.1, 0.15) is 16.9 Å². The predicted molar refractivity (Wildman–Crippen MR) is 171 cm³/mol. The van der Waals surface area contributed by atoms with Crippen molar-refractivity contribution in [2.45, 2.75) is 26.0 Å². The van der Waals surface area contributed by atoms with Crippen molar-refractivity contribution in [2.24, 2.45) is 5.92 Å². The van der Waals surface area contributed by atoms with Crippen molar-refractivity contribution in [3.63, 3.8) is 0 Å². The van der Waals surface area contributed by atoms with E-state index in [0.29, 0.717) is 16.9 Å². The van der Waals surface area contributed by atoms with Gasteiger partial charge in [-0.1, -0.05) is 25.1 Å². The molecule has 4 aromatic rings. The molecule has 5 rings (SSSR count). The first-order valence-electron chi connectivity index (χ1n) is 14.4. The molecule has 4 amide bonds. The van der Waals surface area contributed by atoms with Crippen LogP contribution in [0.25, 0.3) is 10.6 Å². The van der Waals surface area contributed by atoms with Crippen molar-refractivity contribution in [3.8, 4) is 16.3 Å². The molecule has 0 aliphatic carbocycles. The van der Waals surface area contributed by atoms with Gasteiger partial charge in [0, 0.05) is 47.9 Å². The summed E-state index contributed by atoms with van der Waals surface area (Å²) in [5.74, 6) is -1.26. The first-order valence-corrected chi connectivity index (χ1v) is 15.3. The largest absolute Gasteiger partial charge is 0.485 e. The SMILES string of the molecule is C[C@@H]1CN([C@H](C)CO)C(=O)c2cccc(NC(=O)c3ccc(-c4nccs4)cc3)c2O[C@H]1CN(C)C(=O)Nc1ccc(F)cc1. The average molecular weight is 632 g/mol. The summed E-state index contributed by atoms with van der Waals surface area (Å²) >= 11 is 1.50. The van der Waals surface area contributed by atoms with Crippen LogP contribution in [-0.2, 0) is 0 Å². The lowest BCUT2D eigenvalue weighted by molar-refractivity contribution is 0.0372. The second-order valence-electron chi connectivity index (χ2n) is 11.0. The summed E-state index contributed by atoms with van der Waals surface area (Å²) in [5.41, 5.74) is 2.25. The number of nitrogens with one attached hydrogen (secondary N) is 2. The molecule has 3 atom stereocenters. The van der Waals surface area contributed by atoms with Crippen LogP contribution in [-0.4, -0.2) is 76.6 Å². The Balaban J connectivity index is 1.42. The van der Waals surface area contributed by atoms with Crippen LogP contribution in [0.4, 0.5) is 20.6 Å². The van der Waals surface area contributed by atoms with Gasteiger partial charge in [-0.2, -0.15) is 0 Å². The number of amides is 4. The van der Waals surface area contributed by atoms with Crippen LogP contribution in [0.15, 0.2) is 78.3 Å². The topological polar surface area (TPSA) is 124 Å². The van der Waals surface area contributed by atoms with Crippen LogP contribution in [0.3, 0.4) is 0 Å². The van der Waals surface area contributed by atoms with Gasteiger partial charge in [0.25, 0.3) is 11.8 Å². The monoisotopic (exact) mass is 631 g/mol. The number of ether oxygens (including phenoxy) is 1. The zero-order valence-electron chi connectivity index (χ0n) is 25.1. The van der Waals surface area contributed by atoms with E-state index in [1.807, 2.05) is 24.4 Å². The molecule has 1 aliphatic heterocycles. The minimum Gasteiger partial charge on any atom is -0.485 e. The molecule has 234 valence electrons. The number of aliphatic hydroxyl groups is 1. The molecular formula is C33H34FN5O5S. The molecule has 0 bridgehead atoms. The highest BCUT2D eigenvalue weighted by molar-refractivity contribution is 7.13. The Morgan fingerprint density at radius 2 is 1.87 bits per heavy atom. The van der Waals surface area contributed by atoms with Gasteiger partial charge < -0.3 is 30.3 Å². The third kappa shape index (κ3) is 7.30. The number of hydrogen-bond acceptors (Lipinski definition) is 7. The maximum absolute atomic E-state index is 13.8. The number of urea groups is 1. The van der Waals surface area contributed by atoms with E-state index in [4.69, 9.17) is 4.74 Å². The third-order valence-electron chi connectivity index (χ3n) is 7.66. The lowest BCUT2D eigenvalue weighted by Crippen LogP contribution is -2.50. The van der Waals surface area contributed by atoms with E-state index in [9.17, 15) is 23.9 Å². The number of aromatic nitrogens is 1. The first kappa shape index (κ1) is 31.6. The molecule has 10 nitrogen and oxygen atoms in total. The minimum atomic E-state index is -0.607. The molecule has 1 aliphatic rings. The summed E-state index contributed by atoms with van der Waals surface area (Å²) in [6.07, 6.45) is 1.11. The van der Waals surface area contributed by atoms with E-state index in [0.717, 1.165) is 10.6 Å². The highest BCUT2D eigenvalue weighted by Crippen LogP contribution is 2.35. The molecule has 2 heterocycles. The van der Waals surface area contributed by atoms with Gasteiger partial charge >= 0.3 is 6.03 Å². The number of fused-ring (bicyclic) bond motifs is 1. The summed E-state index contributed by atoms with van der Waals surface area (Å²) in [7, 11) is 1.61. The van der Waals surface area contributed by atoms with Crippen LogP contribution in [0.1, 0.15) is 34.6 Å². The number of hydrogen-bond donors (Lipinski definition) is 3. The van der Waals surface area contributed by atoms with E-state index in [-0.39, 0.29) is 42.8 Å². The molecule has 1 aromatic heterocycles. The summed E-state index contributed by atoms with van der Waals surface area (Å²) in [5, 5.41) is 18.3. The number of benzene rings is 3. The fourth-order valence-corrected chi connectivity index (χ4v) is 5.63. The molecule has 0 fully saturated rings. The highest BCUT2D eigenvalue weighted by atomic mass is 32.1. The van der Waals surface area contributed by atoms with Crippen LogP contribution in [0, 0.1) is 11.7 Å². The number of para-hydroxylation sites is 1. The summed E-state index contributed by atoms with van der Waals surface area (Å²) < 4.78 is 19.8. The van der Waals surface area contributed by atoms with Gasteiger partial charge in [0.2, 0.25) is 0 Å². The summed E-state index contributed by atoms with van der Waals surface area (Å²) in [6.45, 7) is 3.80. The maximum Gasteiger partial charge on any atom is 0.321 e. The number of aliphatic hydroxyl groups excluding tert-OH is 1. The van der Waals surface area contributed by atoms with Gasteiger partial charge in [0.05, 0.1) is 30.4 Å². The van der Waals surface area contributed by atoms with Gasteiger partial charge in [-0.3, -0.25) is 9.59 Å². The van der Waals surface area contributed by atoms with Crippen molar-refractivity contribution in [3.05, 3.63) is 95.3 Å². The second kappa shape index (κ2) is 13.9. The van der Waals surface area contributed by atoms with Crippen molar-refractivity contribution in [1.82, 2.24) is 14.8 Å². The van der Waals surface area contributed by atoms with Gasteiger partial charge in [-0.05, 0) is 55.5 Å². The van der Waals surface area contributed by atoms with Crippen LogP contribution in [0.2, 0.25) is 0 Å². The van der Waals surface area contributed by atoms with E-state index >= 15 is 0 Å². The normalized spacial score (nSPS) is 16.9. The average Bonchev–Trinajstić information content (AvgIpc) is 3.59. The van der Waals surface area contributed by atoms with Crippen LogP contribution >= 0.6 is 11.3 Å². The van der Waals surface area contributed by atoms with Crippen molar-refractivity contribution in [1.29, 1.82) is 0 Å². The van der Waals surface area contributed by atoms with E-state index in [1.54, 1.807) is 55.4 Å². The Bertz CT molecular complexity index is 1650. The van der Waals surface area contributed by atoms with Gasteiger partial charge in [-0.15, -0.1) is 11.3 Å². The smallest absolute Gasteiger partial charge is 0.321 e. The number of carbonyl (C=O) groups is 3. The number of anilines is 2. The molecule has 45 heavy (non-hydrogen) atoms. The Morgan fingerprint density at radius 1 is 1.13 bits per heavy atom. The second-order valence-corrected chi connectivity index (χ2v) is 11.9. The molecule has 3 aromatic carbocycles. The van der Waals surface area contributed by atoms with Crippen molar-refractivity contribution < 1.29 is 28.6 Å². The standard InChI is InChI=1S/C33H34FN5O5S/c1-20-17-39(21(2)19-40)32(42)26-5-4-6-27(37-30(41)22-7-9-23(10-8-22)31-35-15-16-45-31)29(26)44-28(20)18-38(3)33(43)36-25-13-11-24(34)12-14-25/h4-16,20-21,28,40H,17-19H2,1-3H3,(H,36,43)(H,37,41)/t20-,21-,28+/m1/s1. The highest BCUT2D eigenvalue weighted by Gasteiger charge is 2.35. The number of nitrogens with zero attached hydrogens (tertiary/aromatic N) is 3. The Hall–Kier alpha value is -4.81. The maximum atomic E-state index is 13.8. The quantitative estimate of drug-likeness (QED) is 0.233. The van der Waals surface area contributed by atoms with Crippen molar-refractivity contribution in [2.75, 3.05) is 37.4 Å². The van der Waals surface area contributed by atoms with Crippen molar-refractivity contribution >= 4 is 40.6 Å². The molecule has 0 saturated carbocycles. The zero-order valence-corrected chi connectivity index (χ0v) is 25.9. The Labute approximate surface area is 264 Å². The molecule has 0 unspecified atom stereocenters. The van der Waals surface area contributed by atoms with E-state index < -0.39 is 29.9 Å². The molecule has 0 radical (unpaired) electrons. The molecule has 12 heteroatoms. The van der Waals surface area contributed by atoms with E-state index in [1.165, 1.54) is 40.5 Å². The molecule has 3 N–H and O–H groups in total. The Kier molecular flexibility index (Phi) is 9.74. The third-order valence-corrected chi connectivity index (χ3v) is 8.48. The van der Waals surface area contributed by atoms with Crippen LogP contribution < -0.4 is 15.4 Å². The number of carbonyl (C=O) groups excluding carboxylic acids is 3. The minimum absolute atomic E-state index is 0.129. The fraction of sp³-hybridized carbons (Fsp3) is 0.273. The van der Waals surface area contributed by atoms with E-state index in [2.05, 4.69) is 15.6 Å². The summed E-state index contributed by atoms with van der Waals surface area (Å²) in [6, 6.07) is 16.5. The molecular weight excluding hydrogens is 597 g/mol. The van der Waals surface area contributed by atoms with Gasteiger partial charge in [-0.25, -0.2) is 14.2 Å².